The highest BCUT2D eigenvalue weighted by Gasteiger charge is 2.08. The Morgan fingerprint density at radius 1 is 1.10 bits per heavy atom. The molecule has 5 nitrogen and oxygen atoms in total. The molecule has 0 heterocycles. The molecule has 0 radical (unpaired) electrons. The summed E-state index contributed by atoms with van der Waals surface area (Å²) in [5, 5.41) is 6.40. The van der Waals surface area contributed by atoms with E-state index in [2.05, 4.69) is 15.6 Å². The van der Waals surface area contributed by atoms with Crippen molar-refractivity contribution in [2.24, 2.45) is 4.99 Å². The number of nitrogens with zero attached hydrogens (tertiary/aromatic N) is 2. The maximum Gasteiger partial charge on any atom is 0.191 e. The van der Waals surface area contributed by atoms with Crippen LogP contribution in [-0.2, 0) is 13.1 Å². The summed E-state index contributed by atoms with van der Waals surface area (Å²) in [4.78, 5) is 6.12. The Morgan fingerprint density at radius 2 is 1.79 bits per heavy atom. The minimum atomic E-state index is -0.294. The Labute approximate surface area is 188 Å². The van der Waals surface area contributed by atoms with E-state index in [1.54, 1.807) is 25.2 Å². The predicted molar refractivity (Wildman–Crippen MR) is 124 cm³/mol. The molecule has 1 atom stereocenters. The van der Waals surface area contributed by atoms with Crippen LogP contribution in [0, 0.1) is 11.6 Å². The van der Waals surface area contributed by atoms with Gasteiger partial charge in [-0.2, -0.15) is 0 Å². The molecule has 0 spiro atoms. The highest BCUT2D eigenvalue weighted by atomic mass is 127. The van der Waals surface area contributed by atoms with Crippen LogP contribution in [0.4, 0.5) is 8.78 Å². The number of nitrogens with one attached hydrogen (secondary N) is 2. The van der Waals surface area contributed by atoms with Crippen molar-refractivity contribution in [3.8, 4) is 5.75 Å². The van der Waals surface area contributed by atoms with E-state index in [9.17, 15) is 8.78 Å². The van der Waals surface area contributed by atoms with Gasteiger partial charge in [-0.3, -0.25) is 4.99 Å². The van der Waals surface area contributed by atoms with Crippen LogP contribution in [0.2, 0.25) is 0 Å². The van der Waals surface area contributed by atoms with Crippen molar-refractivity contribution < 1.29 is 13.5 Å². The second-order valence-electron chi connectivity index (χ2n) is 6.85. The van der Waals surface area contributed by atoms with Gasteiger partial charge in [-0.25, -0.2) is 8.78 Å². The van der Waals surface area contributed by atoms with Crippen molar-refractivity contribution in [1.82, 2.24) is 15.5 Å². The molecule has 29 heavy (non-hydrogen) atoms. The molecule has 0 bridgehead atoms. The van der Waals surface area contributed by atoms with Crippen molar-refractivity contribution in [2.45, 2.75) is 26.1 Å². The number of aliphatic imine (C=N–C) groups is 1. The topological polar surface area (TPSA) is 48.9 Å². The van der Waals surface area contributed by atoms with Crippen LogP contribution < -0.4 is 15.4 Å². The van der Waals surface area contributed by atoms with E-state index in [0.717, 1.165) is 5.56 Å². The highest BCUT2D eigenvalue weighted by molar-refractivity contribution is 14.0. The van der Waals surface area contributed by atoms with E-state index in [1.165, 1.54) is 18.2 Å². The number of hydrogen-bond donors (Lipinski definition) is 2. The molecule has 2 N–H and O–H groups in total. The lowest BCUT2D eigenvalue weighted by molar-refractivity contribution is 0.223. The smallest absolute Gasteiger partial charge is 0.191 e. The molecule has 0 aliphatic heterocycles. The molecule has 0 aliphatic rings. The molecule has 0 fully saturated rings. The fourth-order valence-electron chi connectivity index (χ4n) is 2.63. The fraction of sp³-hybridized carbons (Fsp3) is 0.381. The van der Waals surface area contributed by atoms with E-state index in [-0.39, 0.29) is 41.7 Å². The molecule has 0 saturated heterocycles. The predicted octanol–water partition coefficient (Wildman–Crippen LogP) is 3.78. The Bertz CT molecular complexity index is 785. The van der Waals surface area contributed by atoms with E-state index in [0.29, 0.717) is 36.9 Å². The first-order valence-corrected chi connectivity index (χ1v) is 9.16. The molecule has 160 valence electrons. The number of rotatable bonds is 8. The summed E-state index contributed by atoms with van der Waals surface area (Å²) in [7, 11) is 5.50. The lowest BCUT2D eigenvalue weighted by Gasteiger charge is -2.18. The van der Waals surface area contributed by atoms with Gasteiger partial charge in [0, 0.05) is 25.7 Å². The third-order valence-corrected chi connectivity index (χ3v) is 3.99. The van der Waals surface area contributed by atoms with Gasteiger partial charge < -0.3 is 20.3 Å². The van der Waals surface area contributed by atoms with E-state index < -0.39 is 0 Å². The normalized spacial score (nSPS) is 12.3. The quantitative estimate of drug-likeness (QED) is 0.318. The second-order valence-corrected chi connectivity index (χ2v) is 6.85. The van der Waals surface area contributed by atoms with Crippen LogP contribution in [0.15, 0.2) is 47.5 Å². The molecule has 0 aliphatic carbocycles. The Hall–Kier alpha value is -1.94. The van der Waals surface area contributed by atoms with Crippen LogP contribution >= 0.6 is 24.0 Å². The number of ether oxygens (including phenoxy) is 1. The van der Waals surface area contributed by atoms with Crippen molar-refractivity contribution >= 4 is 29.9 Å². The Morgan fingerprint density at radius 3 is 2.41 bits per heavy atom. The molecule has 1 unspecified atom stereocenters. The van der Waals surface area contributed by atoms with E-state index >= 15 is 0 Å². The molecule has 8 heteroatoms. The Balaban J connectivity index is 0.00000420. The second kappa shape index (κ2) is 12.6. The van der Waals surface area contributed by atoms with Crippen LogP contribution in [0.25, 0.3) is 0 Å². The molecule has 0 aromatic heterocycles. The molecule has 2 aromatic rings. The number of hydrogen-bond acceptors (Lipinski definition) is 3. The summed E-state index contributed by atoms with van der Waals surface area (Å²) >= 11 is 0. The molecular formula is C21H29F2IN4O. The lowest BCUT2D eigenvalue weighted by atomic mass is 10.1. The van der Waals surface area contributed by atoms with Crippen molar-refractivity contribution in [1.29, 1.82) is 0 Å². The van der Waals surface area contributed by atoms with Gasteiger partial charge in [0.15, 0.2) is 5.96 Å². The fourth-order valence-corrected chi connectivity index (χ4v) is 2.63. The number of halogens is 3. The van der Waals surface area contributed by atoms with Gasteiger partial charge in [0.05, 0.1) is 6.54 Å². The molecule has 2 rings (SSSR count). The van der Waals surface area contributed by atoms with Gasteiger partial charge in [0.1, 0.15) is 23.5 Å². The van der Waals surface area contributed by atoms with Crippen LogP contribution in [-0.4, -0.2) is 44.7 Å². The highest BCUT2D eigenvalue weighted by Crippen LogP contribution is 2.13. The summed E-state index contributed by atoms with van der Waals surface area (Å²) in [6.07, 6.45) is -0.137. The van der Waals surface area contributed by atoms with Crippen molar-refractivity contribution in [2.75, 3.05) is 27.7 Å². The summed E-state index contributed by atoms with van der Waals surface area (Å²) in [5.41, 5.74) is 1.63. The minimum absolute atomic E-state index is 0. The average molecular weight is 518 g/mol. The maximum absolute atomic E-state index is 13.9. The van der Waals surface area contributed by atoms with Gasteiger partial charge in [-0.15, -0.1) is 24.0 Å². The zero-order chi connectivity index (χ0) is 20.5. The molecular weight excluding hydrogens is 489 g/mol. The summed E-state index contributed by atoms with van der Waals surface area (Å²) in [5.74, 6) is 0.732. The van der Waals surface area contributed by atoms with Gasteiger partial charge in [-0.1, -0.05) is 6.07 Å². The summed E-state index contributed by atoms with van der Waals surface area (Å²) < 4.78 is 32.6. The lowest BCUT2D eigenvalue weighted by Crippen LogP contribution is -2.41. The molecule has 0 amide bonds. The van der Waals surface area contributed by atoms with Gasteiger partial charge in [-0.05, 0) is 63.0 Å². The van der Waals surface area contributed by atoms with Gasteiger partial charge >= 0.3 is 0 Å². The summed E-state index contributed by atoms with van der Waals surface area (Å²) in [6, 6.07) is 11.0. The van der Waals surface area contributed by atoms with Gasteiger partial charge in [0.2, 0.25) is 0 Å². The van der Waals surface area contributed by atoms with Crippen LogP contribution in [0.1, 0.15) is 18.1 Å². The minimum Gasteiger partial charge on any atom is -0.489 e. The van der Waals surface area contributed by atoms with Gasteiger partial charge in [0.25, 0.3) is 0 Å². The SMILES string of the molecule is CN=C(NCc1ccc(F)c(CN(C)C)c1)NCC(C)Oc1ccc(F)cc1.I. The number of benzene rings is 2. The third kappa shape index (κ3) is 8.95. The first-order valence-electron chi connectivity index (χ1n) is 9.16. The van der Waals surface area contributed by atoms with E-state index in [1.807, 2.05) is 32.0 Å². The average Bonchev–Trinajstić information content (AvgIpc) is 2.66. The largest absolute Gasteiger partial charge is 0.489 e. The van der Waals surface area contributed by atoms with Crippen LogP contribution in [0.5, 0.6) is 5.75 Å². The van der Waals surface area contributed by atoms with Crippen molar-refractivity contribution in [3.63, 3.8) is 0 Å². The van der Waals surface area contributed by atoms with Crippen molar-refractivity contribution in [3.05, 3.63) is 65.2 Å². The summed E-state index contributed by atoms with van der Waals surface area (Å²) in [6.45, 7) is 3.50. The van der Waals surface area contributed by atoms with E-state index in [4.69, 9.17) is 4.74 Å². The zero-order valence-electron chi connectivity index (χ0n) is 17.2. The monoisotopic (exact) mass is 518 g/mol. The maximum atomic E-state index is 13.9. The van der Waals surface area contributed by atoms with Crippen LogP contribution in [0.3, 0.4) is 0 Å². The molecule has 0 saturated carbocycles. The first-order chi connectivity index (χ1) is 13.4. The molecule has 2 aromatic carbocycles. The first kappa shape index (κ1) is 25.1. The zero-order valence-corrected chi connectivity index (χ0v) is 19.5. The third-order valence-electron chi connectivity index (χ3n) is 3.99. The Kier molecular flexibility index (Phi) is 10.9. The number of guanidine groups is 1. The standard InChI is InChI=1S/C21H28F2N4O.HI/c1-15(28-19-8-6-18(22)7-9-19)12-25-21(24-2)26-13-16-5-10-20(23)17(11-16)14-27(3)4;/h5-11,15H,12-14H2,1-4H3,(H2,24,25,26);1H.